The first-order chi connectivity index (χ1) is 10.1. The Morgan fingerprint density at radius 2 is 2.10 bits per heavy atom. The van der Waals surface area contributed by atoms with Crippen LogP contribution < -0.4 is 16.0 Å². The number of anilines is 1. The van der Waals surface area contributed by atoms with Crippen molar-refractivity contribution in [2.24, 2.45) is 0 Å². The molecule has 5 nitrogen and oxygen atoms in total. The van der Waals surface area contributed by atoms with Gasteiger partial charge in [0, 0.05) is 12.1 Å². The zero-order chi connectivity index (χ0) is 15.4. The van der Waals surface area contributed by atoms with Crippen LogP contribution in [0.1, 0.15) is 25.3 Å². The van der Waals surface area contributed by atoms with Gasteiger partial charge in [0.1, 0.15) is 11.4 Å². The predicted octanol–water partition coefficient (Wildman–Crippen LogP) is 2.61. The minimum atomic E-state index is -0.225. The van der Waals surface area contributed by atoms with Crippen molar-refractivity contribution in [2.45, 2.75) is 33.2 Å². The molecule has 0 saturated heterocycles. The highest BCUT2D eigenvalue weighted by atomic mass is 16.5. The van der Waals surface area contributed by atoms with E-state index in [0.717, 1.165) is 29.7 Å². The van der Waals surface area contributed by atoms with E-state index >= 15 is 0 Å². The molecule has 0 aliphatic heterocycles. The summed E-state index contributed by atoms with van der Waals surface area (Å²) < 4.78 is 6.71. The second-order valence-electron chi connectivity index (χ2n) is 5.05. The van der Waals surface area contributed by atoms with Gasteiger partial charge in [0.15, 0.2) is 0 Å². The standard InChI is InChI=1S/C16H21N3O2/c1-4-5-8-19-16(20)13(17)10-14(18-19)12-6-7-15(21-3)11(2)9-12/h6-7,9-10H,4-5,8,17H2,1-3H3. The molecule has 0 saturated carbocycles. The van der Waals surface area contributed by atoms with Crippen LogP contribution in [0, 0.1) is 6.92 Å². The van der Waals surface area contributed by atoms with Gasteiger partial charge < -0.3 is 10.5 Å². The van der Waals surface area contributed by atoms with E-state index in [1.165, 1.54) is 4.68 Å². The molecule has 0 unspecified atom stereocenters. The van der Waals surface area contributed by atoms with Gasteiger partial charge in [-0.3, -0.25) is 4.79 Å². The molecule has 1 heterocycles. The Morgan fingerprint density at radius 1 is 1.33 bits per heavy atom. The van der Waals surface area contributed by atoms with Crippen LogP contribution in [0.15, 0.2) is 29.1 Å². The second kappa shape index (κ2) is 6.43. The summed E-state index contributed by atoms with van der Waals surface area (Å²) in [5, 5.41) is 4.42. The number of aromatic nitrogens is 2. The molecule has 0 radical (unpaired) electrons. The molecule has 0 aliphatic rings. The normalized spacial score (nSPS) is 10.6. The average Bonchev–Trinajstić information content (AvgIpc) is 2.48. The molecule has 1 aromatic heterocycles. The number of ether oxygens (including phenoxy) is 1. The smallest absolute Gasteiger partial charge is 0.289 e. The summed E-state index contributed by atoms with van der Waals surface area (Å²) in [6.07, 6.45) is 1.90. The van der Waals surface area contributed by atoms with Crippen molar-refractivity contribution < 1.29 is 4.74 Å². The van der Waals surface area contributed by atoms with Crippen LogP contribution in [0.2, 0.25) is 0 Å². The fourth-order valence-corrected chi connectivity index (χ4v) is 2.20. The number of unbranched alkanes of at least 4 members (excludes halogenated alkanes) is 1. The van der Waals surface area contributed by atoms with Crippen molar-refractivity contribution in [1.82, 2.24) is 9.78 Å². The first-order valence-electron chi connectivity index (χ1n) is 7.09. The van der Waals surface area contributed by atoms with Gasteiger partial charge in [0.25, 0.3) is 5.56 Å². The highest BCUT2D eigenvalue weighted by Gasteiger charge is 2.09. The number of nitrogens with two attached hydrogens (primary N) is 1. The molecular formula is C16H21N3O2. The quantitative estimate of drug-likeness (QED) is 0.917. The Hall–Kier alpha value is -2.30. The number of benzene rings is 1. The minimum absolute atomic E-state index is 0.225. The number of aryl methyl sites for hydroxylation is 2. The molecule has 112 valence electrons. The largest absolute Gasteiger partial charge is 0.496 e. The molecule has 0 amide bonds. The first kappa shape index (κ1) is 15.1. The average molecular weight is 287 g/mol. The summed E-state index contributed by atoms with van der Waals surface area (Å²) in [7, 11) is 1.64. The third-order valence-corrected chi connectivity index (χ3v) is 3.42. The van der Waals surface area contributed by atoms with Gasteiger partial charge in [-0.25, -0.2) is 4.68 Å². The fraction of sp³-hybridized carbons (Fsp3) is 0.375. The Bertz CT molecular complexity index is 692. The van der Waals surface area contributed by atoms with Crippen molar-refractivity contribution in [2.75, 3.05) is 12.8 Å². The van der Waals surface area contributed by atoms with E-state index in [4.69, 9.17) is 10.5 Å². The number of methoxy groups -OCH3 is 1. The topological polar surface area (TPSA) is 70.1 Å². The van der Waals surface area contributed by atoms with Crippen molar-refractivity contribution >= 4 is 5.69 Å². The Balaban J connectivity index is 2.46. The third kappa shape index (κ3) is 3.24. The minimum Gasteiger partial charge on any atom is -0.496 e. The van der Waals surface area contributed by atoms with Crippen molar-refractivity contribution in [3.05, 3.63) is 40.2 Å². The fourth-order valence-electron chi connectivity index (χ4n) is 2.20. The van der Waals surface area contributed by atoms with Crippen molar-refractivity contribution in [3.8, 4) is 17.0 Å². The van der Waals surface area contributed by atoms with Gasteiger partial charge in [0.2, 0.25) is 0 Å². The highest BCUT2D eigenvalue weighted by molar-refractivity contribution is 5.64. The zero-order valence-electron chi connectivity index (χ0n) is 12.7. The number of nitrogens with zero attached hydrogens (tertiary/aromatic N) is 2. The van der Waals surface area contributed by atoms with Crippen molar-refractivity contribution in [1.29, 1.82) is 0 Å². The third-order valence-electron chi connectivity index (χ3n) is 3.42. The van der Waals surface area contributed by atoms with Crippen molar-refractivity contribution in [3.63, 3.8) is 0 Å². The van der Waals surface area contributed by atoms with E-state index < -0.39 is 0 Å². The lowest BCUT2D eigenvalue weighted by Gasteiger charge is -2.10. The van der Waals surface area contributed by atoms with Gasteiger partial charge in [-0.1, -0.05) is 13.3 Å². The molecule has 2 rings (SSSR count). The molecular weight excluding hydrogens is 266 g/mol. The summed E-state index contributed by atoms with van der Waals surface area (Å²) in [6.45, 7) is 4.63. The van der Waals surface area contributed by atoms with Crippen LogP contribution >= 0.6 is 0 Å². The summed E-state index contributed by atoms with van der Waals surface area (Å²) in [5.41, 5.74) is 8.47. The van der Waals surface area contributed by atoms with Crippen LogP contribution in [0.5, 0.6) is 5.75 Å². The van der Waals surface area contributed by atoms with Crippen LogP contribution in [0.4, 0.5) is 5.69 Å². The maximum atomic E-state index is 12.0. The number of hydrogen-bond acceptors (Lipinski definition) is 4. The lowest BCUT2D eigenvalue weighted by molar-refractivity contribution is 0.412. The monoisotopic (exact) mass is 287 g/mol. The summed E-state index contributed by atoms with van der Waals surface area (Å²) in [4.78, 5) is 12.0. The lowest BCUT2D eigenvalue weighted by atomic mass is 10.1. The van der Waals surface area contributed by atoms with Crippen LogP contribution in [-0.4, -0.2) is 16.9 Å². The molecule has 0 aliphatic carbocycles. The van der Waals surface area contributed by atoms with E-state index in [0.29, 0.717) is 12.2 Å². The van der Waals surface area contributed by atoms with E-state index in [2.05, 4.69) is 12.0 Å². The second-order valence-corrected chi connectivity index (χ2v) is 5.05. The number of nitrogen functional groups attached to an aromatic ring is 1. The van der Waals surface area contributed by atoms with Gasteiger partial charge >= 0.3 is 0 Å². The molecule has 0 atom stereocenters. The van der Waals surface area contributed by atoms with E-state index in [1.807, 2.05) is 25.1 Å². The molecule has 2 N–H and O–H groups in total. The zero-order valence-corrected chi connectivity index (χ0v) is 12.7. The Kier molecular flexibility index (Phi) is 4.62. The molecule has 2 aromatic rings. The summed E-state index contributed by atoms with van der Waals surface area (Å²) in [5.74, 6) is 0.825. The molecule has 21 heavy (non-hydrogen) atoms. The first-order valence-corrected chi connectivity index (χ1v) is 7.09. The van der Waals surface area contributed by atoms with E-state index in [1.54, 1.807) is 13.2 Å². The molecule has 1 aromatic carbocycles. The molecule has 0 fully saturated rings. The van der Waals surface area contributed by atoms with Gasteiger partial charge in [-0.15, -0.1) is 0 Å². The summed E-state index contributed by atoms with van der Waals surface area (Å²) >= 11 is 0. The number of hydrogen-bond donors (Lipinski definition) is 1. The molecule has 0 bridgehead atoms. The molecule has 0 spiro atoms. The summed E-state index contributed by atoms with van der Waals surface area (Å²) in [6, 6.07) is 7.42. The van der Waals surface area contributed by atoms with Gasteiger partial charge in [0.05, 0.1) is 12.8 Å². The Labute approximate surface area is 124 Å². The predicted molar refractivity (Wildman–Crippen MR) is 84.5 cm³/mol. The highest BCUT2D eigenvalue weighted by Crippen LogP contribution is 2.25. The van der Waals surface area contributed by atoms with Gasteiger partial charge in [-0.05, 0) is 43.2 Å². The number of rotatable bonds is 5. The SMILES string of the molecule is CCCCn1nc(-c2ccc(OC)c(C)c2)cc(N)c1=O. The Morgan fingerprint density at radius 3 is 2.71 bits per heavy atom. The van der Waals surface area contributed by atoms with Crippen LogP contribution in [0.3, 0.4) is 0 Å². The maximum absolute atomic E-state index is 12.0. The van der Waals surface area contributed by atoms with Gasteiger partial charge in [-0.2, -0.15) is 5.10 Å². The van der Waals surface area contributed by atoms with Crippen LogP contribution in [-0.2, 0) is 6.54 Å². The lowest BCUT2D eigenvalue weighted by Crippen LogP contribution is -2.25. The maximum Gasteiger partial charge on any atom is 0.289 e. The van der Waals surface area contributed by atoms with Crippen LogP contribution in [0.25, 0.3) is 11.3 Å². The van der Waals surface area contributed by atoms with E-state index in [9.17, 15) is 4.79 Å². The molecule has 5 heteroatoms. The van der Waals surface area contributed by atoms with E-state index in [-0.39, 0.29) is 11.2 Å².